The molecule has 0 bridgehead atoms. The monoisotopic (exact) mass is 721 g/mol. The molecule has 1 unspecified atom stereocenters. The van der Waals surface area contributed by atoms with E-state index in [4.69, 9.17) is 4.74 Å². The number of thiophene rings is 1. The predicted molar refractivity (Wildman–Crippen MR) is 202 cm³/mol. The average Bonchev–Trinajstić information content (AvgIpc) is 3.55. The van der Waals surface area contributed by atoms with Gasteiger partial charge in [-0.15, -0.1) is 23.1 Å². The maximum absolute atomic E-state index is 13.6. The number of anilines is 2. The molecule has 51 heavy (non-hydrogen) atoms. The van der Waals surface area contributed by atoms with Crippen molar-refractivity contribution in [1.29, 1.82) is 0 Å². The van der Waals surface area contributed by atoms with Crippen molar-refractivity contribution in [2.24, 2.45) is 0 Å². The maximum atomic E-state index is 13.6. The highest BCUT2D eigenvalue weighted by molar-refractivity contribution is 8.00. The van der Waals surface area contributed by atoms with Crippen LogP contribution in [0.1, 0.15) is 52.1 Å². The van der Waals surface area contributed by atoms with E-state index in [-0.39, 0.29) is 18.2 Å². The number of carbonyl (C=O) groups is 4. The Morgan fingerprint density at radius 1 is 0.882 bits per heavy atom. The van der Waals surface area contributed by atoms with Gasteiger partial charge in [0.15, 0.2) is 0 Å². The van der Waals surface area contributed by atoms with Crippen LogP contribution in [0, 0.1) is 12.7 Å². The summed E-state index contributed by atoms with van der Waals surface area (Å²) in [6.45, 7) is 5.80. The molecule has 3 amide bonds. The van der Waals surface area contributed by atoms with E-state index in [1.165, 1.54) is 53.4 Å². The van der Waals surface area contributed by atoms with Gasteiger partial charge >= 0.3 is 5.97 Å². The van der Waals surface area contributed by atoms with Gasteiger partial charge in [0.25, 0.3) is 11.8 Å². The van der Waals surface area contributed by atoms with Crippen molar-refractivity contribution in [1.82, 2.24) is 5.32 Å². The number of halogens is 1. The highest BCUT2D eigenvalue weighted by atomic mass is 32.2. The zero-order valence-corrected chi connectivity index (χ0v) is 29.8. The van der Waals surface area contributed by atoms with Gasteiger partial charge in [0.1, 0.15) is 22.1 Å². The van der Waals surface area contributed by atoms with Crippen molar-refractivity contribution in [2.45, 2.75) is 37.3 Å². The first-order chi connectivity index (χ1) is 24.6. The smallest absolute Gasteiger partial charge is 0.341 e. The lowest BCUT2D eigenvalue weighted by atomic mass is 10.0. The molecule has 1 heterocycles. The van der Waals surface area contributed by atoms with E-state index in [1.54, 1.807) is 55.5 Å². The Morgan fingerprint density at radius 2 is 1.61 bits per heavy atom. The SMILES string of the molecule is CCOC(=O)c1c(-c2ccc(C)cc2)csc1NC(=O)C(CC)Sc1cccc(NC(=O)/C(=C/c2ccc(F)cc2)NC(=O)c2ccccc2)c1. The number of carbonyl (C=O) groups excluding carboxylic acids is 4. The fourth-order valence-electron chi connectivity index (χ4n) is 4.99. The van der Waals surface area contributed by atoms with Crippen molar-refractivity contribution in [3.63, 3.8) is 0 Å². The summed E-state index contributed by atoms with van der Waals surface area (Å²) in [5.74, 6) is -2.30. The number of rotatable bonds is 13. The Kier molecular flexibility index (Phi) is 12.6. The first kappa shape index (κ1) is 36.8. The van der Waals surface area contributed by atoms with Crippen molar-refractivity contribution in [2.75, 3.05) is 17.2 Å². The van der Waals surface area contributed by atoms with Gasteiger partial charge in [-0.2, -0.15) is 0 Å². The zero-order chi connectivity index (χ0) is 36.3. The van der Waals surface area contributed by atoms with Crippen LogP contribution < -0.4 is 16.0 Å². The topological polar surface area (TPSA) is 114 Å². The molecular weight excluding hydrogens is 686 g/mol. The Morgan fingerprint density at radius 3 is 2.29 bits per heavy atom. The third-order valence-electron chi connectivity index (χ3n) is 7.61. The Hall–Kier alpha value is -5.52. The summed E-state index contributed by atoms with van der Waals surface area (Å²) < 4.78 is 18.9. The summed E-state index contributed by atoms with van der Waals surface area (Å²) in [5.41, 5.74) is 4.19. The Balaban J connectivity index is 1.32. The van der Waals surface area contributed by atoms with Crippen molar-refractivity contribution in [3.8, 4) is 11.1 Å². The fraction of sp³-hybridized carbons (Fsp3) is 0.150. The van der Waals surface area contributed by atoms with Gasteiger partial charge in [-0.25, -0.2) is 9.18 Å². The summed E-state index contributed by atoms with van der Waals surface area (Å²) >= 11 is 2.58. The van der Waals surface area contributed by atoms with Gasteiger partial charge in [0.05, 0.1) is 11.9 Å². The Labute approximate surface area is 304 Å². The van der Waals surface area contributed by atoms with Crippen LogP contribution in [0.5, 0.6) is 0 Å². The third-order valence-corrected chi connectivity index (χ3v) is 9.87. The molecule has 4 aromatic carbocycles. The minimum absolute atomic E-state index is 0.0438. The van der Waals surface area contributed by atoms with Crippen LogP contribution in [-0.2, 0) is 14.3 Å². The molecule has 11 heteroatoms. The van der Waals surface area contributed by atoms with Gasteiger partial charge in [-0.05, 0) is 79.9 Å². The Bertz CT molecular complexity index is 2040. The van der Waals surface area contributed by atoms with Crippen LogP contribution in [0.4, 0.5) is 15.1 Å². The number of hydrogen-bond donors (Lipinski definition) is 3. The molecule has 0 saturated carbocycles. The molecule has 0 saturated heterocycles. The van der Waals surface area contributed by atoms with Gasteiger partial charge in [0, 0.05) is 27.1 Å². The van der Waals surface area contributed by atoms with Crippen molar-refractivity contribution in [3.05, 3.63) is 142 Å². The minimum Gasteiger partial charge on any atom is -0.462 e. The largest absolute Gasteiger partial charge is 0.462 e. The van der Waals surface area contributed by atoms with Crippen LogP contribution in [0.15, 0.2) is 119 Å². The normalized spacial score (nSPS) is 11.7. The number of amides is 3. The lowest BCUT2D eigenvalue weighted by Crippen LogP contribution is -2.30. The van der Waals surface area contributed by atoms with E-state index in [1.807, 2.05) is 49.6 Å². The molecule has 3 N–H and O–H groups in total. The van der Waals surface area contributed by atoms with E-state index in [2.05, 4.69) is 16.0 Å². The summed E-state index contributed by atoms with van der Waals surface area (Å²) in [5, 5.41) is 10.2. The number of benzene rings is 4. The van der Waals surface area contributed by atoms with Gasteiger partial charge in [-0.1, -0.05) is 73.2 Å². The second kappa shape index (κ2) is 17.4. The molecule has 8 nitrogen and oxygen atoms in total. The van der Waals surface area contributed by atoms with Crippen LogP contribution >= 0.6 is 23.1 Å². The van der Waals surface area contributed by atoms with E-state index >= 15 is 0 Å². The number of thioether (sulfide) groups is 1. The molecular formula is C40H36FN3O5S2. The highest BCUT2D eigenvalue weighted by Crippen LogP contribution is 2.37. The van der Waals surface area contributed by atoms with E-state index in [0.29, 0.717) is 44.3 Å². The van der Waals surface area contributed by atoms with Crippen LogP contribution in [0.25, 0.3) is 17.2 Å². The maximum Gasteiger partial charge on any atom is 0.341 e. The first-order valence-corrected chi connectivity index (χ1v) is 18.0. The molecule has 0 fully saturated rings. The lowest BCUT2D eigenvalue weighted by Gasteiger charge is -2.16. The molecule has 5 rings (SSSR count). The number of esters is 1. The quantitative estimate of drug-likeness (QED) is 0.0636. The molecule has 0 aliphatic rings. The summed E-state index contributed by atoms with van der Waals surface area (Å²) in [4.78, 5) is 53.9. The number of aryl methyl sites for hydroxylation is 1. The van der Waals surface area contributed by atoms with Gasteiger partial charge < -0.3 is 20.7 Å². The van der Waals surface area contributed by atoms with Gasteiger partial charge in [-0.3, -0.25) is 14.4 Å². The average molecular weight is 722 g/mol. The molecule has 1 aromatic heterocycles. The predicted octanol–water partition coefficient (Wildman–Crippen LogP) is 8.96. The molecule has 260 valence electrons. The molecule has 0 spiro atoms. The van der Waals surface area contributed by atoms with E-state index in [0.717, 1.165) is 11.1 Å². The standard InChI is InChI=1S/C40H36FN3O5S2/c1-4-34(38(47)44-39-35(40(48)49-5-2)32(24-50-39)27-18-14-25(3)15-19-27)51-31-13-9-12-30(23-31)42-37(46)33(22-26-16-20-29(41)21-17-26)43-36(45)28-10-7-6-8-11-28/h6-24,34H,4-5H2,1-3H3,(H,42,46)(H,43,45)(H,44,47)/b33-22-. The first-order valence-electron chi connectivity index (χ1n) is 16.2. The molecule has 5 aromatic rings. The number of nitrogens with one attached hydrogen (secondary N) is 3. The molecule has 1 atom stereocenters. The minimum atomic E-state index is -0.593. The number of ether oxygens (including phenoxy) is 1. The fourth-order valence-corrected chi connectivity index (χ4v) is 6.97. The highest BCUT2D eigenvalue weighted by Gasteiger charge is 2.26. The van der Waals surface area contributed by atoms with Crippen molar-refractivity contribution >= 4 is 63.6 Å². The molecule has 0 radical (unpaired) electrons. The van der Waals surface area contributed by atoms with Crippen molar-refractivity contribution < 1.29 is 28.3 Å². The van der Waals surface area contributed by atoms with E-state index in [9.17, 15) is 23.6 Å². The summed E-state index contributed by atoms with van der Waals surface area (Å²) in [6, 6.07) is 28.8. The second-order valence-corrected chi connectivity index (χ2v) is 13.5. The zero-order valence-electron chi connectivity index (χ0n) is 28.2. The second-order valence-electron chi connectivity index (χ2n) is 11.4. The van der Waals surface area contributed by atoms with E-state index < -0.39 is 28.9 Å². The summed E-state index contributed by atoms with van der Waals surface area (Å²) in [7, 11) is 0. The summed E-state index contributed by atoms with van der Waals surface area (Å²) in [6.07, 6.45) is 1.94. The third kappa shape index (κ3) is 9.80. The van der Waals surface area contributed by atoms with Crippen LogP contribution in [-0.4, -0.2) is 35.5 Å². The molecule has 0 aliphatic heterocycles. The number of hydrogen-bond acceptors (Lipinski definition) is 7. The van der Waals surface area contributed by atoms with Gasteiger partial charge in [0.2, 0.25) is 5.91 Å². The van der Waals surface area contributed by atoms with Crippen LogP contribution in [0.3, 0.4) is 0 Å². The molecule has 0 aliphatic carbocycles. The van der Waals surface area contributed by atoms with Crippen LogP contribution in [0.2, 0.25) is 0 Å². The lowest BCUT2D eigenvalue weighted by molar-refractivity contribution is -0.116.